The molecule has 7 aromatic carbocycles. The molecule has 248 valence electrons. The van der Waals surface area contributed by atoms with Gasteiger partial charge in [0.15, 0.2) is 5.60 Å². The second-order valence-electron chi connectivity index (χ2n) is 14.1. The minimum Gasteiger partial charge on any atom is -0.472 e. The van der Waals surface area contributed by atoms with Gasteiger partial charge in [-0.2, -0.15) is 0 Å². The molecule has 9 rings (SSSR count). The van der Waals surface area contributed by atoms with E-state index in [9.17, 15) is 0 Å². The van der Waals surface area contributed by atoms with Crippen LogP contribution in [0.3, 0.4) is 0 Å². The van der Waals surface area contributed by atoms with Crippen molar-refractivity contribution in [1.82, 2.24) is 0 Å². The predicted molar refractivity (Wildman–Crippen MR) is 215 cm³/mol. The van der Waals surface area contributed by atoms with Crippen molar-refractivity contribution < 1.29 is 4.74 Å². The smallest absolute Gasteiger partial charge is 0.178 e. The van der Waals surface area contributed by atoms with E-state index in [-0.39, 0.29) is 0 Å². The molecule has 3 nitrogen and oxygen atoms in total. The molecule has 1 atom stereocenters. The largest absolute Gasteiger partial charge is 0.472 e. The minimum atomic E-state index is -0.847. The topological polar surface area (TPSA) is 15.7 Å². The molecule has 0 N–H and O–H groups in total. The first-order chi connectivity index (χ1) is 24.9. The maximum absolute atomic E-state index is 7.59. The van der Waals surface area contributed by atoms with Crippen LogP contribution in [0.15, 0.2) is 158 Å². The molecule has 0 saturated carbocycles. The molecule has 0 fully saturated rings. The summed E-state index contributed by atoms with van der Waals surface area (Å²) in [5.74, 6) is 1.25. The fourth-order valence-corrected chi connectivity index (χ4v) is 8.20. The lowest BCUT2D eigenvalue weighted by Crippen LogP contribution is -2.34. The zero-order valence-corrected chi connectivity index (χ0v) is 29.5. The Balaban J connectivity index is 1.25. The van der Waals surface area contributed by atoms with Crippen molar-refractivity contribution in [1.29, 1.82) is 0 Å². The normalized spacial score (nSPS) is 15.4. The van der Waals surface area contributed by atoms with E-state index in [0.717, 1.165) is 45.0 Å². The van der Waals surface area contributed by atoms with Gasteiger partial charge in [-0.3, -0.25) is 0 Å². The van der Waals surface area contributed by atoms with Crippen molar-refractivity contribution in [3.8, 4) is 28.0 Å². The Hall–Kier alpha value is -6.06. The lowest BCUT2D eigenvalue weighted by atomic mass is 9.80. The molecule has 1 aliphatic carbocycles. The minimum absolute atomic E-state index is 0.304. The van der Waals surface area contributed by atoms with Gasteiger partial charge in [-0.25, -0.2) is 0 Å². The van der Waals surface area contributed by atoms with E-state index in [4.69, 9.17) is 4.74 Å². The maximum Gasteiger partial charge on any atom is 0.178 e. The van der Waals surface area contributed by atoms with Gasteiger partial charge in [0.25, 0.3) is 0 Å². The number of hydrogen-bond acceptors (Lipinski definition) is 3. The third-order valence-electron chi connectivity index (χ3n) is 10.6. The molecule has 0 bridgehead atoms. The molecule has 0 radical (unpaired) electrons. The van der Waals surface area contributed by atoms with Crippen molar-refractivity contribution in [2.24, 2.45) is 0 Å². The summed E-state index contributed by atoms with van der Waals surface area (Å²) < 4.78 is 7.59. The summed E-state index contributed by atoms with van der Waals surface area (Å²) in [4.78, 5) is 4.44. The van der Waals surface area contributed by atoms with Crippen LogP contribution in [-0.2, 0) is 5.60 Å². The summed E-state index contributed by atoms with van der Waals surface area (Å²) in [6.07, 6.45) is 4.63. The molecule has 0 saturated heterocycles. The summed E-state index contributed by atoms with van der Waals surface area (Å²) in [5.41, 5.74) is 13.5. The standard InChI is InChI=1S/C48H40N2O/c1-32(2)44-43-30-31-48(33-22-26-35(27-23-33)49(3)4,51-47(43)42-21-13-20-40-39-18-11-12-19-41(39)46(44)45(40)42)34-24-28-38(29-25-34)50(36-14-7-5-8-15-36)37-16-9-6-10-17-37/h5-32H,1-4H3. The quantitative estimate of drug-likeness (QED) is 0.169. The molecule has 1 heterocycles. The predicted octanol–water partition coefficient (Wildman–Crippen LogP) is 12.5. The van der Waals surface area contributed by atoms with Gasteiger partial charge in [-0.15, -0.1) is 0 Å². The summed E-state index contributed by atoms with van der Waals surface area (Å²) in [6.45, 7) is 4.61. The molecule has 7 aromatic rings. The van der Waals surface area contributed by atoms with Crippen LogP contribution in [0.2, 0.25) is 0 Å². The molecular formula is C48H40N2O. The molecule has 1 unspecified atom stereocenters. The summed E-state index contributed by atoms with van der Waals surface area (Å²) in [7, 11) is 4.16. The third-order valence-corrected chi connectivity index (χ3v) is 10.6. The monoisotopic (exact) mass is 660 g/mol. The molecule has 51 heavy (non-hydrogen) atoms. The van der Waals surface area contributed by atoms with Crippen molar-refractivity contribution >= 4 is 39.6 Å². The van der Waals surface area contributed by atoms with Crippen LogP contribution in [0.1, 0.15) is 42.0 Å². The zero-order chi connectivity index (χ0) is 34.7. The van der Waals surface area contributed by atoms with Gasteiger partial charge in [0.2, 0.25) is 0 Å². The Morgan fingerprint density at radius 2 is 1.06 bits per heavy atom. The van der Waals surface area contributed by atoms with Gasteiger partial charge in [-0.05, 0) is 88.3 Å². The molecule has 0 aromatic heterocycles. The molecule has 0 spiro atoms. The average molecular weight is 661 g/mol. The van der Waals surface area contributed by atoms with Gasteiger partial charge in [-0.1, -0.05) is 123 Å². The highest BCUT2D eigenvalue weighted by atomic mass is 16.5. The van der Waals surface area contributed by atoms with E-state index < -0.39 is 5.60 Å². The highest BCUT2D eigenvalue weighted by molar-refractivity contribution is 6.19. The van der Waals surface area contributed by atoms with Crippen LogP contribution in [0.5, 0.6) is 5.75 Å². The van der Waals surface area contributed by atoms with E-state index >= 15 is 0 Å². The molecule has 0 amide bonds. The van der Waals surface area contributed by atoms with Crippen LogP contribution in [0.4, 0.5) is 22.7 Å². The fourth-order valence-electron chi connectivity index (χ4n) is 8.20. The SMILES string of the molecule is CC(C)c1c2c(c3cccc4c3c1-c1ccccc1-4)OC(c1ccc(N(C)C)cc1)(c1ccc(N(c3ccccc3)c3ccccc3)cc1)C=C2. The highest BCUT2D eigenvalue weighted by Crippen LogP contribution is 2.57. The number of benzene rings is 7. The lowest BCUT2D eigenvalue weighted by molar-refractivity contribution is 0.163. The Kier molecular flexibility index (Phi) is 7.32. The number of nitrogens with zero attached hydrogens (tertiary/aromatic N) is 2. The maximum atomic E-state index is 7.59. The van der Waals surface area contributed by atoms with Crippen LogP contribution in [0, 0.1) is 0 Å². The van der Waals surface area contributed by atoms with E-state index in [1.54, 1.807) is 0 Å². The number of para-hydroxylation sites is 2. The van der Waals surface area contributed by atoms with Gasteiger partial charge in [0.1, 0.15) is 5.75 Å². The van der Waals surface area contributed by atoms with Crippen LogP contribution in [-0.4, -0.2) is 14.1 Å². The van der Waals surface area contributed by atoms with Crippen LogP contribution >= 0.6 is 0 Å². The average Bonchev–Trinajstić information content (AvgIpc) is 3.51. The molecule has 3 heteroatoms. The van der Waals surface area contributed by atoms with Crippen molar-refractivity contribution in [3.63, 3.8) is 0 Å². The lowest BCUT2D eigenvalue weighted by Gasteiger charge is -2.38. The van der Waals surface area contributed by atoms with Gasteiger partial charge in [0.05, 0.1) is 0 Å². The Bertz CT molecular complexity index is 2390. The first kappa shape index (κ1) is 31.0. The number of fused-ring (bicyclic) bond motifs is 5. The molecular weight excluding hydrogens is 621 g/mol. The summed E-state index contributed by atoms with van der Waals surface area (Å²) in [6, 6.07) is 54.4. The van der Waals surface area contributed by atoms with E-state index in [1.165, 1.54) is 38.8 Å². The second-order valence-corrected chi connectivity index (χ2v) is 14.1. The van der Waals surface area contributed by atoms with E-state index in [2.05, 4.69) is 202 Å². The van der Waals surface area contributed by atoms with Crippen molar-refractivity contribution in [2.75, 3.05) is 23.9 Å². The zero-order valence-electron chi connectivity index (χ0n) is 29.5. The number of ether oxygens (including phenoxy) is 1. The third kappa shape index (κ3) is 4.87. The number of rotatable bonds is 7. The Labute approximate surface area is 300 Å². The number of hydrogen-bond donors (Lipinski definition) is 0. The van der Waals surface area contributed by atoms with E-state index in [1.807, 2.05) is 0 Å². The fraction of sp³-hybridized carbons (Fsp3) is 0.125. The first-order valence-electron chi connectivity index (χ1n) is 17.8. The second kappa shape index (κ2) is 12.1. The van der Waals surface area contributed by atoms with Crippen molar-refractivity contribution in [2.45, 2.75) is 25.4 Å². The number of anilines is 4. The Morgan fingerprint density at radius 3 is 1.65 bits per heavy atom. The summed E-state index contributed by atoms with van der Waals surface area (Å²) in [5, 5.41) is 2.46. The highest BCUT2D eigenvalue weighted by Gasteiger charge is 2.40. The molecule has 2 aliphatic rings. The van der Waals surface area contributed by atoms with Gasteiger partial charge < -0.3 is 14.5 Å². The van der Waals surface area contributed by atoms with E-state index in [0.29, 0.717) is 5.92 Å². The van der Waals surface area contributed by atoms with Gasteiger partial charge in [0, 0.05) is 64.3 Å². The van der Waals surface area contributed by atoms with Gasteiger partial charge >= 0.3 is 0 Å². The molecule has 1 aliphatic heterocycles. The Morgan fingerprint density at radius 1 is 0.529 bits per heavy atom. The van der Waals surface area contributed by atoms with Crippen molar-refractivity contribution in [3.05, 3.63) is 180 Å². The summed E-state index contributed by atoms with van der Waals surface area (Å²) >= 11 is 0. The first-order valence-corrected chi connectivity index (χ1v) is 17.8. The van der Waals surface area contributed by atoms with Crippen LogP contribution < -0.4 is 14.5 Å². The van der Waals surface area contributed by atoms with Crippen LogP contribution in [0.25, 0.3) is 39.1 Å².